The molecule has 0 aliphatic rings. The summed E-state index contributed by atoms with van der Waals surface area (Å²) in [5.41, 5.74) is 1.11. The maximum atomic E-state index is 11.4. The number of halogens is 1. The van der Waals surface area contributed by atoms with Gasteiger partial charge in [-0.25, -0.2) is 0 Å². The normalized spacial score (nSPS) is 11.3. The first kappa shape index (κ1) is 14.6. The first-order chi connectivity index (χ1) is 7.97. The molecule has 0 fully saturated rings. The van der Waals surface area contributed by atoms with Crippen molar-refractivity contribution in [2.45, 2.75) is 25.7 Å². The smallest absolute Gasteiger partial charge is 0.220 e. The van der Waals surface area contributed by atoms with Crippen LogP contribution in [-0.4, -0.2) is 18.2 Å². The van der Waals surface area contributed by atoms with Gasteiger partial charge in [0.15, 0.2) is 0 Å². The van der Waals surface area contributed by atoms with Crippen LogP contribution in [0.15, 0.2) is 28.7 Å². The van der Waals surface area contributed by atoms with Gasteiger partial charge in [-0.1, -0.05) is 48.0 Å². The fourth-order valence-corrected chi connectivity index (χ4v) is 2.64. The van der Waals surface area contributed by atoms with E-state index in [-0.39, 0.29) is 11.3 Å². The molecule has 0 bridgehead atoms. The van der Waals surface area contributed by atoms with Crippen molar-refractivity contribution >= 4 is 34.5 Å². The van der Waals surface area contributed by atoms with E-state index >= 15 is 0 Å². The molecular weight excluding hydrogens is 298 g/mol. The first-order valence-electron chi connectivity index (χ1n) is 5.60. The third kappa shape index (κ3) is 4.36. The van der Waals surface area contributed by atoms with Gasteiger partial charge >= 0.3 is 0 Å². The van der Waals surface area contributed by atoms with Gasteiger partial charge in [0.1, 0.15) is 0 Å². The predicted octanol–water partition coefficient (Wildman–Crippen LogP) is 3.16. The molecule has 0 atom stereocenters. The molecule has 0 radical (unpaired) electrons. The summed E-state index contributed by atoms with van der Waals surface area (Å²) in [6, 6.07) is 8.10. The zero-order valence-electron chi connectivity index (χ0n) is 10.2. The van der Waals surface area contributed by atoms with Gasteiger partial charge in [-0.15, -0.1) is 0 Å². The number of benzene rings is 1. The van der Waals surface area contributed by atoms with Crippen molar-refractivity contribution in [1.29, 1.82) is 0 Å². The summed E-state index contributed by atoms with van der Waals surface area (Å²) in [5.74, 6) is 0.640. The molecule has 4 heteroatoms. The van der Waals surface area contributed by atoms with Gasteiger partial charge in [0.05, 0.1) is 0 Å². The van der Waals surface area contributed by atoms with Crippen LogP contribution in [-0.2, 0) is 10.2 Å². The van der Waals surface area contributed by atoms with Crippen LogP contribution in [0.25, 0.3) is 0 Å². The number of hydrogen-bond donors (Lipinski definition) is 2. The molecule has 0 saturated carbocycles. The molecule has 0 saturated heterocycles. The minimum absolute atomic E-state index is 0.0557. The van der Waals surface area contributed by atoms with Gasteiger partial charge < -0.3 is 5.32 Å². The van der Waals surface area contributed by atoms with E-state index in [1.165, 1.54) is 5.56 Å². The zero-order chi connectivity index (χ0) is 12.9. The highest BCUT2D eigenvalue weighted by Crippen LogP contribution is 2.29. The van der Waals surface area contributed by atoms with E-state index in [2.05, 4.69) is 53.8 Å². The minimum atomic E-state index is -0.0909. The lowest BCUT2D eigenvalue weighted by Gasteiger charge is -2.26. The molecule has 94 valence electrons. The fourth-order valence-electron chi connectivity index (χ4n) is 1.61. The highest BCUT2D eigenvalue weighted by molar-refractivity contribution is 9.10. The summed E-state index contributed by atoms with van der Waals surface area (Å²) < 4.78 is 1.08. The molecule has 0 unspecified atom stereocenters. The van der Waals surface area contributed by atoms with Crippen molar-refractivity contribution in [3.63, 3.8) is 0 Å². The van der Waals surface area contributed by atoms with Crippen LogP contribution in [0.1, 0.15) is 25.8 Å². The van der Waals surface area contributed by atoms with Gasteiger partial charge in [0, 0.05) is 22.9 Å². The average Bonchev–Trinajstić information content (AvgIpc) is 2.27. The van der Waals surface area contributed by atoms with Gasteiger partial charge in [-0.05, 0) is 17.4 Å². The van der Waals surface area contributed by atoms with Crippen molar-refractivity contribution in [3.8, 4) is 0 Å². The molecule has 0 aromatic heterocycles. The molecule has 0 aliphatic carbocycles. The number of carbonyl (C=O) groups is 1. The summed E-state index contributed by atoms with van der Waals surface area (Å²) in [5, 5.41) is 2.94. The van der Waals surface area contributed by atoms with E-state index in [4.69, 9.17) is 0 Å². The Labute approximate surface area is 117 Å². The molecule has 1 aromatic carbocycles. The van der Waals surface area contributed by atoms with Crippen molar-refractivity contribution in [2.75, 3.05) is 12.3 Å². The third-order valence-electron chi connectivity index (χ3n) is 2.67. The molecule has 1 amide bonds. The fraction of sp³-hybridized carbons (Fsp3) is 0.462. The highest BCUT2D eigenvalue weighted by Gasteiger charge is 2.23. The minimum Gasteiger partial charge on any atom is -0.355 e. The number of carbonyl (C=O) groups excluding carboxylic acids is 1. The van der Waals surface area contributed by atoms with Crippen LogP contribution in [0.3, 0.4) is 0 Å². The monoisotopic (exact) mass is 315 g/mol. The maximum Gasteiger partial charge on any atom is 0.220 e. The second-order valence-corrected chi connectivity index (χ2v) is 5.92. The molecule has 1 N–H and O–H groups in total. The Balaban J connectivity index is 2.69. The quantitative estimate of drug-likeness (QED) is 0.803. The van der Waals surface area contributed by atoms with Crippen LogP contribution in [0.5, 0.6) is 0 Å². The van der Waals surface area contributed by atoms with Crippen LogP contribution in [0, 0.1) is 0 Å². The molecule has 17 heavy (non-hydrogen) atoms. The zero-order valence-corrected chi connectivity index (χ0v) is 12.6. The van der Waals surface area contributed by atoms with Crippen molar-refractivity contribution < 1.29 is 4.79 Å². The Morgan fingerprint density at radius 2 is 2.06 bits per heavy atom. The molecule has 0 aliphatic heterocycles. The van der Waals surface area contributed by atoms with E-state index in [0.717, 1.165) is 4.47 Å². The Bertz CT molecular complexity index is 393. The average molecular weight is 316 g/mol. The highest BCUT2D eigenvalue weighted by atomic mass is 79.9. The largest absolute Gasteiger partial charge is 0.355 e. The predicted molar refractivity (Wildman–Crippen MR) is 78.6 cm³/mol. The van der Waals surface area contributed by atoms with Gasteiger partial charge in [-0.3, -0.25) is 4.79 Å². The lowest BCUT2D eigenvalue weighted by atomic mass is 9.84. The SMILES string of the molecule is CC(C)(CNC(=O)CCS)c1ccccc1Br. The summed E-state index contributed by atoms with van der Waals surface area (Å²) >= 11 is 7.59. The van der Waals surface area contributed by atoms with Crippen molar-refractivity contribution in [2.24, 2.45) is 0 Å². The molecule has 0 heterocycles. The lowest BCUT2D eigenvalue weighted by molar-refractivity contribution is -0.120. The Morgan fingerprint density at radius 3 is 2.65 bits per heavy atom. The number of rotatable bonds is 5. The summed E-state index contributed by atoms with van der Waals surface area (Å²) in [6.07, 6.45) is 0.467. The summed E-state index contributed by atoms with van der Waals surface area (Å²) in [6.45, 7) is 4.87. The molecular formula is C13H18BrNOS. The number of amides is 1. The van der Waals surface area contributed by atoms with E-state index in [0.29, 0.717) is 18.7 Å². The van der Waals surface area contributed by atoms with Crippen LogP contribution < -0.4 is 5.32 Å². The summed E-state index contributed by atoms with van der Waals surface area (Å²) in [7, 11) is 0. The molecule has 2 nitrogen and oxygen atoms in total. The topological polar surface area (TPSA) is 29.1 Å². The molecule has 1 rings (SSSR count). The van der Waals surface area contributed by atoms with Gasteiger partial charge in [0.25, 0.3) is 0 Å². The molecule has 0 spiro atoms. The Kier molecular flexibility index (Phi) is 5.53. The Morgan fingerprint density at radius 1 is 1.41 bits per heavy atom. The van der Waals surface area contributed by atoms with Crippen molar-refractivity contribution in [1.82, 2.24) is 5.32 Å². The van der Waals surface area contributed by atoms with Gasteiger partial charge in [-0.2, -0.15) is 12.6 Å². The molecule has 1 aromatic rings. The van der Waals surface area contributed by atoms with E-state index in [9.17, 15) is 4.79 Å². The third-order valence-corrected chi connectivity index (χ3v) is 3.58. The number of hydrogen-bond acceptors (Lipinski definition) is 2. The van der Waals surface area contributed by atoms with E-state index < -0.39 is 0 Å². The number of nitrogens with one attached hydrogen (secondary N) is 1. The summed E-state index contributed by atoms with van der Waals surface area (Å²) in [4.78, 5) is 11.4. The van der Waals surface area contributed by atoms with Gasteiger partial charge in [0.2, 0.25) is 5.91 Å². The van der Waals surface area contributed by atoms with Crippen LogP contribution >= 0.6 is 28.6 Å². The van der Waals surface area contributed by atoms with E-state index in [1.807, 2.05) is 18.2 Å². The van der Waals surface area contributed by atoms with Crippen molar-refractivity contribution in [3.05, 3.63) is 34.3 Å². The lowest BCUT2D eigenvalue weighted by Crippen LogP contribution is -2.36. The second-order valence-electron chi connectivity index (χ2n) is 4.61. The first-order valence-corrected chi connectivity index (χ1v) is 7.02. The maximum absolute atomic E-state index is 11.4. The number of thiol groups is 1. The standard InChI is InChI=1S/C13H18BrNOS/c1-13(2,9-15-12(16)7-8-17)10-5-3-4-6-11(10)14/h3-6,17H,7-9H2,1-2H3,(H,15,16). The van der Waals surface area contributed by atoms with Crippen LogP contribution in [0.2, 0.25) is 0 Å². The van der Waals surface area contributed by atoms with Crippen LogP contribution in [0.4, 0.5) is 0 Å². The Hall–Kier alpha value is -0.480. The second kappa shape index (κ2) is 6.45. The van der Waals surface area contributed by atoms with E-state index in [1.54, 1.807) is 0 Å².